The van der Waals surface area contributed by atoms with E-state index in [0.717, 1.165) is 11.8 Å². The van der Waals surface area contributed by atoms with E-state index in [9.17, 15) is 23.4 Å². The fourth-order valence-corrected chi connectivity index (χ4v) is 4.41. The first-order valence-electron chi connectivity index (χ1n) is 12.6. The van der Waals surface area contributed by atoms with Crippen molar-refractivity contribution in [2.75, 3.05) is 26.0 Å². The lowest BCUT2D eigenvalue weighted by atomic mass is 10.1. The molecule has 0 spiro atoms. The molecule has 0 aliphatic carbocycles. The number of aliphatic hydroxyl groups excluding tert-OH is 2. The molecule has 0 unspecified atom stereocenters. The lowest BCUT2D eigenvalue weighted by Gasteiger charge is -2.19. The molecule has 4 aromatic rings. The molecule has 10 nitrogen and oxygen atoms in total. The number of aliphatic hydroxyl groups is 2. The van der Waals surface area contributed by atoms with Gasteiger partial charge in [0, 0.05) is 29.7 Å². The van der Waals surface area contributed by atoms with Gasteiger partial charge in [0.15, 0.2) is 0 Å². The molecular formula is C29H31N3O7S. The van der Waals surface area contributed by atoms with E-state index in [0.29, 0.717) is 34.6 Å². The standard InChI is InChI=1S/C29H31N3O7S/c1-40(36,37)32-29(35)21-9-12-26-27(16-21)30-14-13-28(26)39-25-10-7-20(8-11-25)15-22(18-33)31-17-23(34)19-38-24-5-3-2-4-6-24/h2-14,16,22-23,31,33-34H,15,17-19H2,1H3,(H,32,35)/t22-,23-/m0/s1. The summed E-state index contributed by atoms with van der Waals surface area (Å²) in [6, 6.07) is 22.8. The Hall–Kier alpha value is -4.03. The van der Waals surface area contributed by atoms with Gasteiger partial charge >= 0.3 is 0 Å². The zero-order valence-corrected chi connectivity index (χ0v) is 22.7. The van der Waals surface area contributed by atoms with Gasteiger partial charge in [-0.15, -0.1) is 0 Å². The number of amides is 1. The monoisotopic (exact) mass is 565 g/mol. The number of hydrogen-bond donors (Lipinski definition) is 4. The van der Waals surface area contributed by atoms with E-state index in [1.165, 1.54) is 12.1 Å². The molecule has 0 fully saturated rings. The molecule has 1 amide bonds. The number of carbonyl (C=O) groups is 1. The number of nitrogens with zero attached hydrogens (tertiary/aromatic N) is 1. The Morgan fingerprint density at radius 2 is 1.75 bits per heavy atom. The van der Waals surface area contributed by atoms with E-state index in [1.807, 2.05) is 59.3 Å². The molecule has 4 rings (SSSR count). The lowest BCUT2D eigenvalue weighted by molar-refractivity contribution is 0.0981. The summed E-state index contributed by atoms with van der Waals surface area (Å²) in [5.74, 6) is 1.05. The van der Waals surface area contributed by atoms with Gasteiger partial charge in [-0.05, 0) is 60.5 Å². The van der Waals surface area contributed by atoms with Gasteiger partial charge in [0.05, 0.1) is 18.4 Å². The summed E-state index contributed by atoms with van der Waals surface area (Å²) in [6.07, 6.45) is 2.27. The summed E-state index contributed by atoms with van der Waals surface area (Å²) in [5.41, 5.74) is 1.61. The largest absolute Gasteiger partial charge is 0.491 e. The van der Waals surface area contributed by atoms with Crippen molar-refractivity contribution in [1.82, 2.24) is 15.0 Å². The Kier molecular flexibility index (Phi) is 9.67. The van der Waals surface area contributed by atoms with Gasteiger partial charge in [-0.2, -0.15) is 0 Å². The third-order valence-corrected chi connectivity index (χ3v) is 6.48. The van der Waals surface area contributed by atoms with Crippen molar-refractivity contribution in [3.8, 4) is 17.2 Å². The lowest BCUT2D eigenvalue weighted by Crippen LogP contribution is -2.41. The Labute approximate surface area is 232 Å². The van der Waals surface area contributed by atoms with Crippen molar-refractivity contribution in [1.29, 1.82) is 0 Å². The van der Waals surface area contributed by atoms with Gasteiger partial charge in [-0.3, -0.25) is 9.78 Å². The SMILES string of the molecule is CS(=O)(=O)NC(=O)c1ccc2c(Oc3ccc(C[C@@H](CO)NC[C@H](O)COc4ccccc4)cc3)ccnc2c1. The number of aromatic nitrogens is 1. The first-order chi connectivity index (χ1) is 19.2. The van der Waals surface area contributed by atoms with E-state index >= 15 is 0 Å². The van der Waals surface area contributed by atoms with Gasteiger partial charge in [-0.25, -0.2) is 13.1 Å². The molecule has 0 aliphatic rings. The molecule has 0 bridgehead atoms. The van der Waals surface area contributed by atoms with Gasteiger partial charge in [0.2, 0.25) is 10.0 Å². The third-order valence-electron chi connectivity index (χ3n) is 5.92. The fourth-order valence-electron chi connectivity index (χ4n) is 3.96. The van der Waals surface area contributed by atoms with Gasteiger partial charge in [0.25, 0.3) is 5.91 Å². The maximum atomic E-state index is 12.2. The van der Waals surface area contributed by atoms with Crippen LogP contribution in [0.5, 0.6) is 17.2 Å². The van der Waals surface area contributed by atoms with Crippen LogP contribution in [0.3, 0.4) is 0 Å². The normalized spacial score (nSPS) is 13.0. The van der Waals surface area contributed by atoms with Gasteiger partial charge in [0.1, 0.15) is 30.0 Å². The molecular weight excluding hydrogens is 534 g/mol. The molecule has 40 heavy (non-hydrogen) atoms. The number of hydrogen-bond acceptors (Lipinski definition) is 9. The van der Waals surface area contributed by atoms with Crippen LogP contribution in [0, 0.1) is 0 Å². The van der Waals surface area contributed by atoms with Crippen molar-refractivity contribution < 1.29 is 32.9 Å². The van der Waals surface area contributed by atoms with Crippen LogP contribution < -0.4 is 19.5 Å². The molecule has 0 saturated carbocycles. The highest BCUT2D eigenvalue weighted by Gasteiger charge is 2.14. The van der Waals surface area contributed by atoms with E-state index in [2.05, 4.69) is 10.3 Å². The van der Waals surface area contributed by atoms with Crippen LogP contribution in [-0.4, -0.2) is 67.7 Å². The second kappa shape index (κ2) is 13.4. The van der Waals surface area contributed by atoms with Crippen molar-refractivity contribution in [2.45, 2.75) is 18.6 Å². The molecule has 1 aromatic heterocycles. The number of benzene rings is 3. The first kappa shape index (κ1) is 29.0. The van der Waals surface area contributed by atoms with Crippen LogP contribution in [0.25, 0.3) is 10.9 Å². The maximum absolute atomic E-state index is 12.2. The van der Waals surface area contributed by atoms with Crippen molar-refractivity contribution in [3.63, 3.8) is 0 Å². The van der Waals surface area contributed by atoms with Crippen molar-refractivity contribution >= 4 is 26.8 Å². The Morgan fingerprint density at radius 1 is 1.00 bits per heavy atom. The molecule has 0 radical (unpaired) electrons. The molecule has 3 aromatic carbocycles. The Morgan fingerprint density at radius 3 is 2.45 bits per heavy atom. The van der Waals surface area contributed by atoms with E-state index in [4.69, 9.17) is 9.47 Å². The minimum absolute atomic E-state index is 0.0995. The van der Waals surface area contributed by atoms with Crippen LogP contribution in [-0.2, 0) is 16.4 Å². The predicted octanol–water partition coefficient (Wildman–Crippen LogP) is 2.65. The molecule has 0 aliphatic heterocycles. The van der Waals surface area contributed by atoms with Crippen LogP contribution in [0.15, 0.2) is 85.1 Å². The summed E-state index contributed by atoms with van der Waals surface area (Å²) in [7, 11) is -3.68. The number of nitrogens with one attached hydrogen (secondary N) is 2. The average molecular weight is 566 g/mol. The molecule has 1 heterocycles. The molecule has 210 valence electrons. The number of pyridine rings is 1. The molecule has 4 N–H and O–H groups in total. The number of ether oxygens (including phenoxy) is 2. The van der Waals surface area contributed by atoms with E-state index in [1.54, 1.807) is 18.3 Å². The number of sulfonamides is 1. The first-order valence-corrected chi connectivity index (χ1v) is 14.5. The topological polar surface area (TPSA) is 147 Å². The van der Waals surface area contributed by atoms with Crippen LogP contribution in [0.4, 0.5) is 0 Å². The minimum Gasteiger partial charge on any atom is -0.491 e. The van der Waals surface area contributed by atoms with Gasteiger partial charge in [-0.1, -0.05) is 30.3 Å². The highest BCUT2D eigenvalue weighted by atomic mass is 32.2. The summed E-state index contributed by atoms with van der Waals surface area (Å²) in [6.45, 7) is 0.309. The quantitative estimate of drug-likeness (QED) is 0.192. The highest BCUT2D eigenvalue weighted by Crippen LogP contribution is 2.29. The molecule has 0 saturated heterocycles. The highest BCUT2D eigenvalue weighted by molar-refractivity contribution is 7.89. The fraction of sp³-hybridized carbons (Fsp3) is 0.241. The summed E-state index contributed by atoms with van der Waals surface area (Å²) < 4.78 is 36.3. The van der Waals surface area contributed by atoms with Crippen LogP contribution >= 0.6 is 0 Å². The maximum Gasteiger partial charge on any atom is 0.264 e. The Bertz CT molecular complexity index is 1530. The molecule has 11 heteroatoms. The van der Waals surface area contributed by atoms with Crippen LogP contribution in [0.1, 0.15) is 15.9 Å². The minimum atomic E-state index is -3.68. The number of rotatable bonds is 13. The summed E-state index contributed by atoms with van der Waals surface area (Å²) in [4.78, 5) is 16.4. The zero-order chi connectivity index (χ0) is 28.5. The van der Waals surface area contributed by atoms with E-state index in [-0.39, 0.29) is 31.4 Å². The predicted molar refractivity (Wildman–Crippen MR) is 151 cm³/mol. The van der Waals surface area contributed by atoms with Crippen molar-refractivity contribution in [3.05, 3.63) is 96.2 Å². The van der Waals surface area contributed by atoms with Gasteiger partial charge < -0.3 is 25.0 Å². The van der Waals surface area contributed by atoms with E-state index < -0.39 is 22.0 Å². The second-order valence-electron chi connectivity index (χ2n) is 9.26. The number of para-hydroxylation sites is 1. The number of fused-ring (bicyclic) bond motifs is 1. The summed E-state index contributed by atoms with van der Waals surface area (Å²) >= 11 is 0. The number of carbonyl (C=O) groups excluding carboxylic acids is 1. The van der Waals surface area contributed by atoms with Crippen molar-refractivity contribution in [2.24, 2.45) is 0 Å². The summed E-state index contributed by atoms with van der Waals surface area (Å²) in [5, 5.41) is 23.9. The molecule has 2 atom stereocenters. The third kappa shape index (κ3) is 8.48. The zero-order valence-electron chi connectivity index (χ0n) is 21.9. The second-order valence-corrected chi connectivity index (χ2v) is 11.0. The Balaban J connectivity index is 1.33. The average Bonchev–Trinajstić information content (AvgIpc) is 2.94. The smallest absolute Gasteiger partial charge is 0.264 e. The van der Waals surface area contributed by atoms with Crippen LogP contribution in [0.2, 0.25) is 0 Å².